The van der Waals surface area contributed by atoms with Gasteiger partial charge in [0.25, 0.3) is 5.91 Å². The fraction of sp³-hybridized carbons (Fsp3) is 0.200. The molecule has 1 heterocycles. The number of hydrogen-bond acceptors (Lipinski definition) is 5. The van der Waals surface area contributed by atoms with Crippen LogP contribution in [0.25, 0.3) is 28.3 Å². The van der Waals surface area contributed by atoms with Gasteiger partial charge in [-0.2, -0.15) is 0 Å². The second-order valence-electron chi connectivity index (χ2n) is 12.1. The number of benzene rings is 4. The predicted octanol–water partition coefficient (Wildman–Crippen LogP) is 7.46. The number of aliphatic carboxylic acids is 1. The van der Waals surface area contributed by atoms with Crippen LogP contribution in [0.3, 0.4) is 0 Å². The number of carboxylic acids is 1. The number of hydrogen-bond donors (Lipinski definition) is 4. The van der Waals surface area contributed by atoms with Crippen molar-refractivity contribution in [2.24, 2.45) is 0 Å². The van der Waals surface area contributed by atoms with Gasteiger partial charge >= 0.3 is 35.5 Å². The summed E-state index contributed by atoms with van der Waals surface area (Å²) in [6, 6.07) is 27.8. The number of aliphatic hydroxyl groups is 2. The zero-order valence-electron chi connectivity index (χ0n) is 27.6. The Hall–Kier alpha value is -4.58. The number of aromatic nitrogens is 1. The molecule has 0 unspecified atom stereocenters. The van der Waals surface area contributed by atoms with Gasteiger partial charge in [0, 0.05) is 35.0 Å². The molecule has 4 aromatic carbocycles. The summed E-state index contributed by atoms with van der Waals surface area (Å²) in [5.74, 6) is -1.99. The Morgan fingerprint density at radius 1 is 0.824 bits per heavy atom. The Morgan fingerprint density at radius 2 is 1.39 bits per heavy atom. The number of rotatable bonds is 14. The van der Waals surface area contributed by atoms with Crippen LogP contribution in [0.4, 0.5) is 14.5 Å². The molecule has 0 saturated heterocycles. The molecule has 8 nitrogen and oxygen atoms in total. The monoisotopic (exact) mass is 704 g/mol. The summed E-state index contributed by atoms with van der Waals surface area (Å²) in [5.41, 5.74) is 4.26. The van der Waals surface area contributed by atoms with Crippen molar-refractivity contribution >= 4 is 53.2 Å². The van der Waals surface area contributed by atoms with Crippen LogP contribution in [-0.4, -0.2) is 73.5 Å². The Bertz CT molecular complexity index is 1940. The molecular weight excluding hydrogens is 665 g/mol. The Kier molecular flexibility index (Phi) is 13.9. The summed E-state index contributed by atoms with van der Waals surface area (Å²) in [4.78, 5) is 25.4. The molecule has 0 aliphatic carbocycles. The van der Waals surface area contributed by atoms with Crippen molar-refractivity contribution in [2.75, 3.05) is 5.32 Å². The summed E-state index contributed by atoms with van der Waals surface area (Å²) in [5, 5.41) is 32.9. The normalized spacial score (nSPS) is 12.4. The van der Waals surface area contributed by atoms with Crippen molar-refractivity contribution in [1.82, 2.24) is 4.57 Å². The maximum atomic E-state index is 14.4. The summed E-state index contributed by atoms with van der Waals surface area (Å²) in [6.07, 6.45) is -0.272. The molecule has 51 heavy (non-hydrogen) atoms. The van der Waals surface area contributed by atoms with Gasteiger partial charge in [0.1, 0.15) is 29.7 Å². The number of carbonyl (C=O) groups excluding carboxylic acids is 1. The molecule has 5 aromatic rings. The minimum absolute atomic E-state index is 0. The van der Waals surface area contributed by atoms with Gasteiger partial charge in [0.05, 0.1) is 18.6 Å². The Morgan fingerprint density at radius 3 is 1.94 bits per heavy atom. The number of carbonyl (C=O) groups is 2. The summed E-state index contributed by atoms with van der Waals surface area (Å²) < 4.78 is 36.0. The molecule has 0 saturated carbocycles. The molecule has 0 aliphatic rings. The average Bonchev–Trinajstić information content (AvgIpc) is 3.43. The first kappa shape index (κ1) is 39.2. The maximum absolute atomic E-state index is 14.4. The van der Waals surface area contributed by atoms with Crippen LogP contribution in [0.5, 0.6) is 5.75 Å². The Labute approximate surface area is 317 Å². The van der Waals surface area contributed by atoms with Gasteiger partial charge in [-0.25, -0.2) is 8.78 Å². The first-order chi connectivity index (χ1) is 24.0. The van der Waals surface area contributed by atoms with Gasteiger partial charge in [0.15, 0.2) is 0 Å². The van der Waals surface area contributed by atoms with E-state index in [2.05, 4.69) is 5.32 Å². The van der Waals surface area contributed by atoms with E-state index in [0.29, 0.717) is 46.0 Å². The fourth-order valence-electron chi connectivity index (χ4n) is 5.75. The van der Waals surface area contributed by atoms with Gasteiger partial charge in [-0.3, -0.25) is 9.59 Å². The standard InChI is InChI=1S/C40H38F2N2O6.Na.H/c1-25(2)44-35(21-18-32(45)22-33(46)23-36(47)48)37(27-8-12-29(41)13-9-27)38(28-10-14-30(42)15-11-28)39(44)40(49)43-31-16-19-34(20-17-31)50-24-26-6-4-3-5-7-26;;/h3-21,25,32-33,45-46H,22-24H2,1-2H3,(H,43,49)(H,47,48);;/t32-,33-;;/m1../s1. The summed E-state index contributed by atoms with van der Waals surface area (Å²) in [7, 11) is 0. The van der Waals surface area contributed by atoms with Crippen LogP contribution in [0.1, 0.15) is 54.5 Å². The molecule has 5 rings (SSSR count). The molecule has 0 bridgehead atoms. The van der Waals surface area contributed by atoms with E-state index in [0.717, 1.165) is 5.56 Å². The van der Waals surface area contributed by atoms with E-state index in [-0.39, 0.29) is 47.7 Å². The van der Waals surface area contributed by atoms with Gasteiger partial charge < -0.3 is 29.9 Å². The number of amides is 1. The van der Waals surface area contributed by atoms with E-state index in [4.69, 9.17) is 9.84 Å². The van der Waals surface area contributed by atoms with Crippen LogP contribution in [0.2, 0.25) is 0 Å². The molecule has 0 fully saturated rings. The zero-order valence-corrected chi connectivity index (χ0v) is 27.6. The molecule has 0 spiro atoms. The molecule has 260 valence electrons. The molecule has 1 aromatic heterocycles. The van der Waals surface area contributed by atoms with Crippen LogP contribution < -0.4 is 10.1 Å². The molecule has 0 radical (unpaired) electrons. The van der Waals surface area contributed by atoms with Gasteiger partial charge in [-0.1, -0.05) is 60.7 Å². The molecule has 0 aliphatic heterocycles. The van der Waals surface area contributed by atoms with E-state index in [1.54, 1.807) is 59.2 Å². The third-order valence-electron chi connectivity index (χ3n) is 8.00. The number of nitrogens with one attached hydrogen (secondary N) is 1. The van der Waals surface area contributed by atoms with Crippen molar-refractivity contribution < 1.29 is 38.4 Å². The van der Waals surface area contributed by atoms with Crippen LogP contribution in [0, 0.1) is 11.6 Å². The van der Waals surface area contributed by atoms with E-state index in [9.17, 15) is 28.6 Å². The number of aliphatic hydroxyl groups excluding tert-OH is 2. The number of carboxylic acid groups (broad SMARTS) is 1. The first-order valence-corrected chi connectivity index (χ1v) is 16.1. The van der Waals surface area contributed by atoms with Crippen LogP contribution >= 0.6 is 0 Å². The predicted molar refractivity (Wildman–Crippen MR) is 196 cm³/mol. The SMILES string of the molecule is CC(C)n1c(C=C[C@@H](O)C[C@@H](O)CC(=O)O)c(-c2ccc(F)cc2)c(-c2ccc(F)cc2)c1C(=O)Nc1ccc(OCc2ccccc2)cc1.[NaH]. The number of anilines is 1. The average molecular weight is 705 g/mol. The third kappa shape index (κ3) is 10.2. The van der Waals surface area contributed by atoms with Crippen molar-refractivity contribution in [3.8, 4) is 28.0 Å². The molecular formula is C40H39F2N2NaO6. The first-order valence-electron chi connectivity index (χ1n) is 16.1. The third-order valence-corrected chi connectivity index (χ3v) is 8.00. The van der Waals surface area contributed by atoms with Gasteiger partial charge in [0.2, 0.25) is 0 Å². The topological polar surface area (TPSA) is 121 Å². The van der Waals surface area contributed by atoms with Gasteiger partial charge in [-0.15, -0.1) is 0 Å². The fourth-order valence-corrected chi connectivity index (χ4v) is 5.75. The van der Waals surface area contributed by atoms with Gasteiger partial charge in [-0.05, 0) is 85.1 Å². The number of ether oxygens (including phenoxy) is 1. The molecule has 11 heteroatoms. The van der Waals surface area contributed by atoms with E-state index in [1.165, 1.54) is 30.3 Å². The van der Waals surface area contributed by atoms with Crippen molar-refractivity contribution in [3.63, 3.8) is 0 Å². The van der Waals surface area contributed by atoms with E-state index < -0.39 is 42.1 Å². The van der Waals surface area contributed by atoms with Crippen molar-refractivity contribution in [1.29, 1.82) is 0 Å². The van der Waals surface area contributed by atoms with Crippen LogP contribution in [0.15, 0.2) is 109 Å². The summed E-state index contributed by atoms with van der Waals surface area (Å²) >= 11 is 0. The molecule has 1 amide bonds. The molecule has 4 N–H and O–H groups in total. The van der Waals surface area contributed by atoms with Crippen molar-refractivity contribution in [2.45, 2.75) is 51.5 Å². The van der Waals surface area contributed by atoms with Crippen molar-refractivity contribution in [3.05, 3.63) is 138 Å². The Balaban J connectivity index is 0.00000583. The molecule has 2 atom stereocenters. The minimum atomic E-state index is -1.29. The van der Waals surface area contributed by atoms with Crippen LogP contribution in [-0.2, 0) is 11.4 Å². The van der Waals surface area contributed by atoms with E-state index in [1.807, 2.05) is 44.2 Å². The number of nitrogens with zero attached hydrogens (tertiary/aromatic N) is 1. The number of halogens is 2. The zero-order chi connectivity index (χ0) is 35.8. The second kappa shape index (κ2) is 18.1. The second-order valence-corrected chi connectivity index (χ2v) is 12.1. The van der Waals surface area contributed by atoms with E-state index >= 15 is 0 Å². The summed E-state index contributed by atoms with van der Waals surface area (Å²) in [6.45, 7) is 4.14. The quantitative estimate of drug-likeness (QED) is 0.0891.